The third-order valence-electron chi connectivity index (χ3n) is 5.68. The van der Waals surface area contributed by atoms with Crippen LogP contribution < -0.4 is 0 Å². The smallest absolute Gasteiger partial charge is 0.267 e. The van der Waals surface area contributed by atoms with Crippen LogP contribution in [0.4, 0.5) is 13.2 Å². The van der Waals surface area contributed by atoms with Gasteiger partial charge in [0.05, 0.1) is 4.90 Å². The summed E-state index contributed by atoms with van der Waals surface area (Å²) in [7, 11) is -4.55. The number of sulfonamides is 1. The van der Waals surface area contributed by atoms with Crippen molar-refractivity contribution in [3.05, 3.63) is 89.3 Å². The lowest BCUT2D eigenvalue weighted by Crippen LogP contribution is -2.50. The number of amides is 1. The molecule has 1 aliphatic carbocycles. The van der Waals surface area contributed by atoms with Crippen LogP contribution in [0.1, 0.15) is 17.5 Å². The molecule has 1 amide bonds. The van der Waals surface area contributed by atoms with E-state index in [2.05, 4.69) is 6.58 Å². The van der Waals surface area contributed by atoms with Crippen LogP contribution in [-0.4, -0.2) is 24.4 Å². The first-order chi connectivity index (χ1) is 14.5. The van der Waals surface area contributed by atoms with Crippen LogP contribution in [0.5, 0.6) is 0 Å². The van der Waals surface area contributed by atoms with Crippen molar-refractivity contribution in [1.82, 2.24) is 4.31 Å². The fourth-order valence-electron chi connectivity index (χ4n) is 4.13. The van der Waals surface area contributed by atoms with Gasteiger partial charge >= 0.3 is 0 Å². The third kappa shape index (κ3) is 2.95. The zero-order chi connectivity index (χ0) is 22.7. The number of halogens is 3. The molecule has 0 bridgehead atoms. The van der Waals surface area contributed by atoms with E-state index in [-0.39, 0.29) is 22.5 Å². The number of rotatable bonds is 3. The average Bonchev–Trinajstić information content (AvgIpc) is 2.94. The van der Waals surface area contributed by atoms with E-state index in [0.29, 0.717) is 16.4 Å². The summed E-state index contributed by atoms with van der Waals surface area (Å²) in [6.07, 6.45) is 1.87. The Balaban J connectivity index is 2.04. The minimum atomic E-state index is -4.55. The second-order valence-electron chi connectivity index (χ2n) is 7.55. The van der Waals surface area contributed by atoms with E-state index >= 15 is 0 Å². The van der Waals surface area contributed by atoms with Gasteiger partial charge in [0.2, 0.25) is 0 Å². The number of nitrogens with zero attached hydrogens (tertiary/aromatic N) is 1. The summed E-state index contributed by atoms with van der Waals surface area (Å²) < 4.78 is 69.5. The maximum Gasteiger partial charge on any atom is 0.267 e. The fraction of sp³-hybridized carbons (Fsp3) is 0.182. The van der Waals surface area contributed by atoms with Crippen LogP contribution in [0, 0.1) is 30.3 Å². The molecule has 160 valence electrons. The molecule has 0 spiro atoms. The molecular weight excluding hydrogens is 431 g/mol. The number of carbonyl (C=O) groups is 2. The maximum absolute atomic E-state index is 14.1. The van der Waals surface area contributed by atoms with Gasteiger partial charge in [0.25, 0.3) is 15.9 Å². The molecule has 0 N–H and O–H groups in total. The molecule has 0 radical (unpaired) electrons. The van der Waals surface area contributed by atoms with Crippen LogP contribution in [0.15, 0.2) is 65.6 Å². The molecule has 5 nitrogen and oxygen atoms in total. The second-order valence-corrected chi connectivity index (χ2v) is 9.34. The first kappa shape index (κ1) is 21.0. The van der Waals surface area contributed by atoms with Gasteiger partial charge in [-0.15, -0.1) is 0 Å². The van der Waals surface area contributed by atoms with Gasteiger partial charge in [-0.1, -0.05) is 24.3 Å². The highest BCUT2D eigenvalue weighted by atomic mass is 32.2. The summed E-state index contributed by atoms with van der Waals surface area (Å²) >= 11 is 0. The van der Waals surface area contributed by atoms with Crippen molar-refractivity contribution in [3.63, 3.8) is 0 Å². The summed E-state index contributed by atoms with van der Waals surface area (Å²) in [5, 5.41) is 0. The van der Waals surface area contributed by atoms with Gasteiger partial charge in [-0.2, -0.15) is 0 Å². The molecule has 0 unspecified atom stereocenters. The predicted octanol–water partition coefficient (Wildman–Crippen LogP) is 3.54. The summed E-state index contributed by atoms with van der Waals surface area (Å²) in [4.78, 5) is 25.0. The van der Waals surface area contributed by atoms with E-state index < -0.39 is 50.6 Å². The number of aryl methyl sites for hydroxylation is 1. The van der Waals surface area contributed by atoms with Crippen LogP contribution in [0.25, 0.3) is 0 Å². The van der Waals surface area contributed by atoms with E-state index in [4.69, 9.17) is 0 Å². The predicted molar refractivity (Wildman–Crippen MR) is 105 cm³/mol. The number of fused-ring (bicyclic) bond motifs is 1. The number of ketones is 1. The Morgan fingerprint density at radius 2 is 1.65 bits per heavy atom. The minimum absolute atomic E-state index is 0.196. The van der Waals surface area contributed by atoms with Crippen molar-refractivity contribution in [2.24, 2.45) is 5.92 Å². The molecule has 1 fully saturated rings. The van der Waals surface area contributed by atoms with Crippen molar-refractivity contribution in [2.45, 2.75) is 23.8 Å². The van der Waals surface area contributed by atoms with E-state index in [9.17, 15) is 31.2 Å². The highest BCUT2D eigenvalue weighted by Gasteiger charge is 2.61. The monoisotopic (exact) mass is 447 g/mol. The van der Waals surface area contributed by atoms with E-state index in [0.717, 1.165) is 17.7 Å². The number of allylic oxidation sites excluding steroid dienone is 1. The standard InChI is InChI=1S/C22H16F3NO4S/c1-12-3-5-16(6-4-12)31(29,30)26-21(28)13(2)17-11-15(27)7-8-22(17,26)14-9-18(23)20(25)19(24)10-14/h3-10,17H,2,11H2,1H3/t17-,22+/m1/s1. The first-order valence-corrected chi connectivity index (χ1v) is 10.7. The molecule has 31 heavy (non-hydrogen) atoms. The molecule has 2 aliphatic rings. The van der Waals surface area contributed by atoms with Gasteiger partial charge < -0.3 is 0 Å². The van der Waals surface area contributed by atoms with Gasteiger partial charge in [-0.25, -0.2) is 25.9 Å². The van der Waals surface area contributed by atoms with Crippen LogP contribution in [-0.2, 0) is 25.2 Å². The van der Waals surface area contributed by atoms with Crippen molar-refractivity contribution >= 4 is 21.7 Å². The Morgan fingerprint density at radius 3 is 2.23 bits per heavy atom. The second kappa shape index (κ2) is 6.91. The number of benzene rings is 2. The fourth-order valence-corrected chi connectivity index (χ4v) is 5.85. The summed E-state index contributed by atoms with van der Waals surface area (Å²) in [6, 6.07) is 6.93. The number of hydrogen-bond acceptors (Lipinski definition) is 4. The van der Waals surface area contributed by atoms with Gasteiger partial charge in [0, 0.05) is 17.9 Å². The zero-order valence-corrected chi connectivity index (χ0v) is 17.0. The molecule has 1 aliphatic heterocycles. The molecule has 4 rings (SSSR count). The SMILES string of the molecule is C=C1C(=O)N(S(=O)(=O)c2ccc(C)cc2)[C@]2(c3cc(F)c(F)c(F)c3)C=CC(=O)C[C@H]12. The molecule has 0 aromatic heterocycles. The van der Waals surface area contributed by atoms with Gasteiger partial charge in [-0.3, -0.25) is 9.59 Å². The summed E-state index contributed by atoms with van der Waals surface area (Å²) in [6.45, 7) is 5.40. The van der Waals surface area contributed by atoms with Crippen LogP contribution in [0.3, 0.4) is 0 Å². The van der Waals surface area contributed by atoms with Crippen molar-refractivity contribution in [3.8, 4) is 0 Å². The lowest BCUT2D eigenvalue weighted by Gasteiger charge is -2.40. The zero-order valence-electron chi connectivity index (χ0n) is 16.2. The third-order valence-corrected chi connectivity index (χ3v) is 7.50. The normalized spacial score (nSPS) is 23.4. The van der Waals surface area contributed by atoms with Gasteiger partial charge in [0.1, 0.15) is 5.54 Å². The maximum atomic E-state index is 14.1. The lowest BCUT2D eigenvalue weighted by molar-refractivity contribution is -0.123. The Hall–Kier alpha value is -3.20. The quantitative estimate of drug-likeness (QED) is 0.533. The Labute approximate surface area is 176 Å². The van der Waals surface area contributed by atoms with E-state index in [1.807, 2.05) is 0 Å². The molecule has 9 heteroatoms. The van der Waals surface area contributed by atoms with Crippen molar-refractivity contribution < 1.29 is 31.2 Å². The molecule has 2 atom stereocenters. The first-order valence-electron chi connectivity index (χ1n) is 9.22. The largest absolute Gasteiger partial charge is 0.295 e. The van der Waals surface area contributed by atoms with Crippen molar-refractivity contribution in [2.75, 3.05) is 0 Å². The topological polar surface area (TPSA) is 71.5 Å². The van der Waals surface area contributed by atoms with Crippen molar-refractivity contribution in [1.29, 1.82) is 0 Å². The summed E-state index contributed by atoms with van der Waals surface area (Å²) in [5.74, 6) is -7.36. The Bertz CT molecular complexity index is 1260. The summed E-state index contributed by atoms with van der Waals surface area (Å²) in [5.41, 5.74) is -1.71. The lowest BCUT2D eigenvalue weighted by atomic mass is 9.72. The molecule has 2 aromatic carbocycles. The molecule has 0 saturated carbocycles. The highest BCUT2D eigenvalue weighted by molar-refractivity contribution is 7.89. The van der Waals surface area contributed by atoms with E-state index in [1.54, 1.807) is 6.92 Å². The van der Waals surface area contributed by atoms with Gasteiger partial charge in [0.15, 0.2) is 23.2 Å². The molecular formula is C22H16F3NO4S. The highest BCUT2D eigenvalue weighted by Crippen LogP contribution is 2.53. The number of carbonyl (C=O) groups excluding carboxylic acids is 2. The van der Waals surface area contributed by atoms with Crippen LogP contribution >= 0.6 is 0 Å². The Kier molecular flexibility index (Phi) is 4.69. The molecule has 1 saturated heterocycles. The molecule has 2 aromatic rings. The van der Waals surface area contributed by atoms with Gasteiger partial charge in [-0.05, 0) is 48.9 Å². The molecule has 1 heterocycles. The Morgan fingerprint density at radius 1 is 1.06 bits per heavy atom. The van der Waals surface area contributed by atoms with Crippen LogP contribution in [0.2, 0.25) is 0 Å². The minimum Gasteiger partial charge on any atom is -0.295 e. The van der Waals surface area contributed by atoms with E-state index in [1.165, 1.54) is 24.3 Å². The number of hydrogen-bond donors (Lipinski definition) is 0. The average molecular weight is 447 g/mol.